The van der Waals surface area contributed by atoms with Crippen molar-refractivity contribution in [2.75, 3.05) is 6.61 Å². The minimum absolute atomic E-state index is 0.152. The maximum Gasteiger partial charge on any atom is 0.269 e. The number of rotatable bonds is 8. The smallest absolute Gasteiger partial charge is 0.269 e. The third-order valence-electron chi connectivity index (χ3n) is 2.78. The second kappa shape index (κ2) is 11.8. The first-order valence-electron chi connectivity index (χ1n) is 7.02. The summed E-state index contributed by atoms with van der Waals surface area (Å²) in [7, 11) is 0. The Hall–Kier alpha value is -2.02. The van der Waals surface area contributed by atoms with Crippen molar-refractivity contribution >= 4 is 11.4 Å². The predicted octanol–water partition coefficient (Wildman–Crippen LogP) is 3.84. The molecule has 0 aliphatic heterocycles. The van der Waals surface area contributed by atoms with Crippen LogP contribution in [0.25, 0.3) is 0 Å². The molecule has 0 amide bonds. The molecular weight excluding hydrogens is 276 g/mol. The molecule has 7 heteroatoms. The Bertz CT molecular complexity index is 381. The van der Waals surface area contributed by atoms with Crippen LogP contribution in [0.5, 0.6) is 0 Å². The van der Waals surface area contributed by atoms with Crippen LogP contribution < -0.4 is 0 Å². The summed E-state index contributed by atoms with van der Waals surface area (Å²) in [6.45, 7) is 2.58. The highest BCUT2D eigenvalue weighted by Crippen LogP contribution is 2.16. The molecule has 0 bridgehead atoms. The Labute approximate surface area is 123 Å². The summed E-state index contributed by atoms with van der Waals surface area (Å²) in [4.78, 5) is 19.0. The average Bonchev–Trinajstić information content (AvgIpc) is 2.48. The fourth-order valence-corrected chi connectivity index (χ4v) is 1.59. The molecule has 118 valence electrons. The zero-order chi connectivity index (χ0) is 16.1. The zero-order valence-corrected chi connectivity index (χ0v) is 12.2. The van der Waals surface area contributed by atoms with Gasteiger partial charge in [0.2, 0.25) is 0 Å². The molecule has 0 saturated heterocycles. The van der Waals surface area contributed by atoms with Crippen LogP contribution in [0.15, 0.2) is 24.3 Å². The summed E-state index contributed by atoms with van der Waals surface area (Å²) >= 11 is 0. The van der Waals surface area contributed by atoms with E-state index in [1.807, 2.05) is 0 Å². The normalized spacial score (nSPS) is 9.62. The lowest BCUT2D eigenvalue weighted by atomic mass is 10.1. The molecule has 7 nitrogen and oxygen atoms in total. The fourth-order valence-electron chi connectivity index (χ4n) is 1.59. The van der Waals surface area contributed by atoms with E-state index in [4.69, 9.17) is 5.11 Å². The van der Waals surface area contributed by atoms with E-state index >= 15 is 0 Å². The van der Waals surface area contributed by atoms with Gasteiger partial charge in [0.1, 0.15) is 0 Å². The van der Waals surface area contributed by atoms with Crippen molar-refractivity contribution in [3.05, 3.63) is 44.5 Å². The van der Waals surface area contributed by atoms with Gasteiger partial charge in [-0.15, -0.1) is 0 Å². The van der Waals surface area contributed by atoms with Crippen LogP contribution in [-0.4, -0.2) is 21.6 Å². The molecule has 0 fully saturated rings. The Morgan fingerprint density at radius 2 is 1.24 bits per heavy atom. The van der Waals surface area contributed by atoms with Gasteiger partial charge in [-0.05, 0) is 6.42 Å². The molecule has 1 N–H and O–H groups in total. The van der Waals surface area contributed by atoms with Crippen LogP contribution in [0.1, 0.15) is 45.4 Å². The summed E-state index contributed by atoms with van der Waals surface area (Å²) in [6.07, 6.45) is 7.50. The van der Waals surface area contributed by atoms with E-state index in [2.05, 4.69) is 6.92 Å². The highest BCUT2D eigenvalue weighted by molar-refractivity contribution is 5.39. The molecule has 0 spiro atoms. The van der Waals surface area contributed by atoms with Gasteiger partial charge in [-0.25, -0.2) is 0 Å². The molecule has 1 rings (SSSR count). The highest BCUT2D eigenvalue weighted by atomic mass is 16.6. The van der Waals surface area contributed by atoms with Gasteiger partial charge >= 0.3 is 0 Å². The van der Waals surface area contributed by atoms with Crippen molar-refractivity contribution in [2.24, 2.45) is 0 Å². The quantitative estimate of drug-likeness (QED) is 0.445. The number of unbranched alkanes of at least 4 members (excludes halogenated alkanes) is 5. The van der Waals surface area contributed by atoms with Crippen LogP contribution in [0.4, 0.5) is 11.4 Å². The number of hydrogen-bond donors (Lipinski definition) is 1. The van der Waals surface area contributed by atoms with Crippen LogP contribution in [0, 0.1) is 20.2 Å². The topological polar surface area (TPSA) is 107 Å². The predicted molar refractivity (Wildman–Crippen MR) is 80.2 cm³/mol. The molecule has 1 aromatic rings. The van der Waals surface area contributed by atoms with E-state index in [1.54, 1.807) is 0 Å². The molecule has 1 aromatic carbocycles. The number of non-ortho nitro benzene ring substituents is 2. The summed E-state index contributed by atoms with van der Waals surface area (Å²) in [6, 6.07) is 4.38. The molecule has 0 aliphatic rings. The summed E-state index contributed by atoms with van der Waals surface area (Å²) in [5.74, 6) is 0. The van der Waals surface area contributed by atoms with Gasteiger partial charge in [-0.2, -0.15) is 0 Å². The molecule has 0 aromatic heterocycles. The third kappa shape index (κ3) is 9.50. The maximum absolute atomic E-state index is 10.1. The lowest BCUT2D eigenvalue weighted by Gasteiger charge is -1.95. The van der Waals surface area contributed by atoms with E-state index in [-0.39, 0.29) is 11.4 Å². The minimum atomic E-state index is -0.607. The first-order chi connectivity index (χ1) is 10.0. The second-order valence-corrected chi connectivity index (χ2v) is 4.52. The number of aliphatic hydroxyl groups is 1. The Kier molecular flexibility index (Phi) is 10.6. The first-order valence-corrected chi connectivity index (χ1v) is 7.02. The van der Waals surface area contributed by atoms with Crippen LogP contribution in [0.2, 0.25) is 0 Å². The van der Waals surface area contributed by atoms with Crippen molar-refractivity contribution in [2.45, 2.75) is 45.4 Å². The van der Waals surface area contributed by atoms with Gasteiger partial charge in [0.15, 0.2) is 0 Å². The summed E-state index contributed by atoms with van der Waals surface area (Å²) in [5, 5.41) is 28.7. The molecule has 0 atom stereocenters. The highest BCUT2D eigenvalue weighted by Gasteiger charge is 2.08. The molecular formula is C14H22N2O5. The Morgan fingerprint density at radius 3 is 1.57 bits per heavy atom. The number of nitro groups is 2. The van der Waals surface area contributed by atoms with Gasteiger partial charge in [0.05, 0.1) is 9.85 Å². The largest absolute Gasteiger partial charge is 0.396 e. The van der Waals surface area contributed by atoms with Crippen molar-refractivity contribution in [1.82, 2.24) is 0 Å². The van der Waals surface area contributed by atoms with E-state index in [0.29, 0.717) is 6.61 Å². The van der Waals surface area contributed by atoms with E-state index in [0.717, 1.165) is 30.7 Å². The Morgan fingerprint density at radius 1 is 0.857 bits per heavy atom. The fraction of sp³-hybridized carbons (Fsp3) is 0.571. The van der Waals surface area contributed by atoms with Gasteiger partial charge in [-0.1, -0.05) is 39.0 Å². The number of hydrogen-bond acceptors (Lipinski definition) is 5. The first kappa shape index (κ1) is 19.0. The summed E-state index contributed by atoms with van der Waals surface area (Å²) < 4.78 is 0. The SMILES string of the molecule is CCCCCCCCO.O=[N+]([O-])c1ccc([N+](=O)[O-])cc1. The molecule has 0 heterocycles. The molecule has 21 heavy (non-hydrogen) atoms. The van der Waals surface area contributed by atoms with Gasteiger partial charge in [0.25, 0.3) is 11.4 Å². The maximum atomic E-state index is 10.1. The van der Waals surface area contributed by atoms with E-state index in [1.165, 1.54) is 32.1 Å². The average molecular weight is 298 g/mol. The van der Waals surface area contributed by atoms with Gasteiger partial charge in [0, 0.05) is 30.9 Å². The van der Waals surface area contributed by atoms with Crippen molar-refractivity contribution in [3.8, 4) is 0 Å². The lowest BCUT2D eigenvalue weighted by Crippen LogP contribution is -1.90. The molecule has 0 saturated carbocycles. The number of benzene rings is 1. The van der Waals surface area contributed by atoms with E-state index in [9.17, 15) is 20.2 Å². The van der Waals surface area contributed by atoms with Gasteiger partial charge < -0.3 is 5.11 Å². The van der Waals surface area contributed by atoms with Gasteiger partial charge in [-0.3, -0.25) is 20.2 Å². The lowest BCUT2D eigenvalue weighted by molar-refractivity contribution is -0.389. The summed E-state index contributed by atoms with van der Waals surface area (Å²) in [5.41, 5.74) is -0.304. The van der Waals surface area contributed by atoms with Crippen molar-refractivity contribution in [3.63, 3.8) is 0 Å². The molecule has 0 radical (unpaired) electrons. The van der Waals surface area contributed by atoms with Crippen molar-refractivity contribution < 1.29 is 15.0 Å². The monoisotopic (exact) mass is 298 g/mol. The van der Waals surface area contributed by atoms with Crippen LogP contribution >= 0.6 is 0 Å². The van der Waals surface area contributed by atoms with Crippen LogP contribution in [0.3, 0.4) is 0 Å². The number of nitro benzene ring substituents is 2. The number of aliphatic hydroxyl groups excluding tert-OH is 1. The van der Waals surface area contributed by atoms with Crippen LogP contribution in [-0.2, 0) is 0 Å². The minimum Gasteiger partial charge on any atom is -0.396 e. The zero-order valence-electron chi connectivity index (χ0n) is 12.2. The van der Waals surface area contributed by atoms with Crippen molar-refractivity contribution in [1.29, 1.82) is 0 Å². The molecule has 0 unspecified atom stereocenters. The Balaban J connectivity index is 0.000000400. The standard InChI is InChI=1S/C8H18O.C6H4N2O4/c1-2-3-4-5-6-7-8-9;9-7(10)5-1-2-6(4-3-5)8(11)12/h9H,2-8H2,1H3;1-4H. The second-order valence-electron chi connectivity index (χ2n) is 4.52. The molecule has 0 aliphatic carbocycles. The van der Waals surface area contributed by atoms with E-state index < -0.39 is 9.85 Å². The third-order valence-corrected chi connectivity index (χ3v) is 2.78. The number of nitrogens with zero attached hydrogens (tertiary/aromatic N) is 2.